The fourth-order valence-corrected chi connectivity index (χ4v) is 4.62. The van der Waals surface area contributed by atoms with Crippen LogP contribution in [0.4, 0.5) is 4.79 Å². The Balaban J connectivity index is 3.52. The molecule has 226 valence electrons. The summed E-state index contributed by atoms with van der Waals surface area (Å²) in [7, 11) is 0. The van der Waals surface area contributed by atoms with E-state index in [4.69, 9.17) is 10.5 Å². The average Bonchev–Trinajstić information content (AvgIpc) is 2.85. The number of alkyl carbamates (subject to hydrolysis) is 1. The lowest BCUT2D eigenvalue weighted by Gasteiger charge is -2.35. The Kier molecular flexibility index (Phi) is 15.3. The topological polar surface area (TPSA) is 131 Å². The molecule has 1 aromatic carbocycles. The van der Waals surface area contributed by atoms with Crippen LogP contribution in [-0.4, -0.2) is 52.9 Å². The smallest absolute Gasteiger partial charge is 0.408 e. The van der Waals surface area contributed by atoms with Crippen molar-refractivity contribution in [1.29, 1.82) is 0 Å². The van der Waals surface area contributed by atoms with E-state index in [1.165, 1.54) is 0 Å². The van der Waals surface area contributed by atoms with Crippen molar-refractivity contribution < 1.29 is 23.9 Å². The molecule has 9 nitrogen and oxygen atoms in total. The summed E-state index contributed by atoms with van der Waals surface area (Å²) in [4.78, 5) is 54.1. The van der Waals surface area contributed by atoms with Gasteiger partial charge in [0, 0.05) is 19.0 Å². The summed E-state index contributed by atoms with van der Waals surface area (Å²) < 4.78 is 5.41. The number of hydrogen-bond acceptors (Lipinski definition) is 5. The number of unbranched alkanes of at least 4 members (excludes halogenated alkanes) is 4. The molecule has 0 aliphatic heterocycles. The number of hydrogen-bond donors (Lipinski definition) is 3. The molecule has 0 radical (unpaired) electrons. The molecule has 4 N–H and O–H groups in total. The molecule has 0 aromatic heterocycles. The molecule has 3 atom stereocenters. The van der Waals surface area contributed by atoms with E-state index in [-0.39, 0.29) is 24.8 Å². The van der Waals surface area contributed by atoms with Gasteiger partial charge in [0.05, 0.1) is 0 Å². The number of primary amides is 1. The van der Waals surface area contributed by atoms with Gasteiger partial charge in [-0.25, -0.2) is 4.79 Å². The van der Waals surface area contributed by atoms with E-state index >= 15 is 0 Å². The zero-order valence-electron chi connectivity index (χ0n) is 25.7. The number of benzene rings is 1. The average molecular weight is 561 g/mol. The van der Waals surface area contributed by atoms with Crippen molar-refractivity contribution >= 4 is 23.8 Å². The number of nitrogens with one attached hydrogen (secondary N) is 2. The standard InChI is InChI=1S/C31H52N4O5/c1-8-10-11-12-15-21-35(29(38)25(19-20-26(32)36)34-30(39)40-31(5,6)7)27(24-18-14-13-17-22(24)3)28(37)33-23(4)16-9-2/h13-14,17-18,23,25,27H,8-12,15-16,19-21H2,1-7H3,(H2,32,36)(H,33,37)(H,34,39). The molecule has 0 saturated heterocycles. The number of carbonyl (C=O) groups is 4. The number of carbonyl (C=O) groups excluding carboxylic acids is 4. The van der Waals surface area contributed by atoms with Crippen molar-refractivity contribution in [3.05, 3.63) is 35.4 Å². The Morgan fingerprint density at radius 2 is 1.60 bits per heavy atom. The van der Waals surface area contributed by atoms with Crippen LogP contribution in [0.5, 0.6) is 0 Å². The van der Waals surface area contributed by atoms with Gasteiger partial charge in [-0.3, -0.25) is 14.4 Å². The van der Waals surface area contributed by atoms with Gasteiger partial charge >= 0.3 is 6.09 Å². The van der Waals surface area contributed by atoms with Crippen LogP contribution in [-0.2, 0) is 19.1 Å². The molecule has 9 heteroatoms. The molecule has 0 aliphatic carbocycles. The number of nitrogens with two attached hydrogens (primary N) is 1. The molecule has 0 saturated carbocycles. The van der Waals surface area contributed by atoms with E-state index in [2.05, 4.69) is 24.5 Å². The normalized spacial score (nSPS) is 13.6. The summed E-state index contributed by atoms with van der Waals surface area (Å²) >= 11 is 0. The third-order valence-electron chi connectivity index (χ3n) is 6.61. The quantitative estimate of drug-likeness (QED) is 0.223. The van der Waals surface area contributed by atoms with Crippen LogP contribution in [0.2, 0.25) is 0 Å². The fourth-order valence-electron chi connectivity index (χ4n) is 4.62. The summed E-state index contributed by atoms with van der Waals surface area (Å²) in [6.07, 6.45) is 5.62. The highest BCUT2D eigenvalue weighted by Gasteiger charge is 2.37. The molecule has 0 fully saturated rings. The third-order valence-corrected chi connectivity index (χ3v) is 6.61. The first-order valence-corrected chi connectivity index (χ1v) is 14.7. The van der Waals surface area contributed by atoms with Crippen LogP contribution in [0.1, 0.15) is 116 Å². The largest absolute Gasteiger partial charge is 0.444 e. The van der Waals surface area contributed by atoms with Crippen LogP contribution in [0, 0.1) is 6.92 Å². The molecule has 4 amide bonds. The predicted molar refractivity (Wildman–Crippen MR) is 158 cm³/mol. The number of aryl methyl sites for hydroxylation is 1. The number of rotatable bonds is 17. The van der Waals surface area contributed by atoms with Gasteiger partial charge in [-0.2, -0.15) is 0 Å². The second kappa shape index (κ2) is 17.6. The van der Waals surface area contributed by atoms with Crippen molar-refractivity contribution in [1.82, 2.24) is 15.5 Å². The Morgan fingerprint density at radius 3 is 2.17 bits per heavy atom. The van der Waals surface area contributed by atoms with E-state index in [0.29, 0.717) is 13.0 Å². The molecule has 3 unspecified atom stereocenters. The van der Waals surface area contributed by atoms with E-state index < -0.39 is 35.6 Å². The lowest BCUT2D eigenvalue weighted by Crippen LogP contribution is -2.54. The Morgan fingerprint density at radius 1 is 0.950 bits per heavy atom. The molecule has 0 bridgehead atoms. The van der Waals surface area contributed by atoms with E-state index in [1.807, 2.05) is 38.1 Å². The summed E-state index contributed by atoms with van der Waals surface area (Å²) in [5, 5.41) is 5.74. The third kappa shape index (κ3) is 12.8. The summed E-state index contributed by atoms with van der Waals surface area (Å²) in [6, 6.07) is 5.45. The first-order valence-electron chi connectivity index (χ1n) is 14.7. The van der Waals surface area contributed by atoms with Gasteiger partial charge in [0.15, 0.2) is 0 Å². The van der Waals surface area contributed by atoms with Gasteiger partial charge in [-0.15, -0.1) is 0 Å². The highest BCUT2D eigenvalue weighted by Crippen LogP contribution is 2.27. The minimum atomic E-state index is -1.09. The van der Waals surface area contributed by atoms with Gasteiger partial charge < -0.3 is 26.0 Å². The van der Waals surface area contributed by atoms with Crippen molar-refractivity contribution in [2.24, 2.45) is 5.73 Å². The molecular formula is C31H52N4O5. The van der Waals surface area contributed by atoms with Gasteiger partial charge in [0.1, 0.15) is 17.7 Å². The monoisotopic (exact) mass is 560 g/mol. The number of nitrogens with zero attached hydrogens (tertiary/aromatic N) is 1. The minimum Gasteiger partial charge on any atom is -0.444 e. The lowest BCUT2D eigenvalue weighted by molar-refractivity contribution is -0.143. The zero-order chi connectivity index (χ0) is 30.3. The van der Waals surface area contributed by atoms with Crippen molar-refractivity contribution in [2.45, 2.75) is 130 Å². The molecule has 1 rings (SSSR count). The maximum atomic E-state index is 14.2. The molecule has 1 aromatic rings. The molecule has 0 spiro atoms. The lowest BCUT2D eigenvalue weighted by atomic mass is 9.96. The first kappa shape index (κ1) is 34.9. The van der Waals surface area contributed by atoms with Gasteiger partial charge in [-0.05, 0) is 65.0 Å². The molecule has 0 heterocycles. The molecule has 40 heavy (non-hydrogen) atoms. The zero-order valence-corrected chi connectivity index (χ0v) is 25.7. The SMILES string of the molecule is CCCCCCCN(C(=O)C(CCC(N)=O)NC(=O)OC(C)(C)C)C(C(=O)NC(C)CCC)c1ccccc1C. The number of amides is 4. The maximum absolute atomic E-state index is 14.2. The van der Waals surface area contributed by atoms with Crippen molar-refractivity contribution in [3.8, 4) is 0 Å². The number of ether oxygens (including phenoxy) is 1. The highest BCUT2D eigenvalue weighted by atomic mass is 16.6. The maximum Gasteiger partial charge on any atom is 0.408 e. The van der Waals surface area contributed by atoms with Gasteiger partial charge in [0.25, 0.3) is 0 Å². The Bertz CT molecular complexity index is 959. The molecule has 0 aliphatic rings. The van der Waals surface area contributed by atoms with Crippen LogP contribution < -0.4 is 16.4 Å². The van der Waals surface area contributed by atoms with Crippen LogP contribution in [0.15, 0.2) is 24.3 Å². The first-order chi connectivity index (χ1) is 18.8. The summed E-state index contributed by atoms with van der Waals surface area (Å²) in [5.41, 5.74) is 6.23. The van der Waals surface area contributed by atoms with E-state index in [0.717, 1.165) is 49.7 Å². The highest BCUT2D eigenvalue weighted by molar-refractivity contribution is 5.92. The van der Waals surface area contributed by atoms with Crippen molar-refractivity contribution in [2.75, 3.05) is 6.54 Å². The van der Waals surface area contributed by atoms with E-state index in [9.17, 15) is 19.2 Å². The second-order valence-corrected chi connectivity index (χ2v) is 11.6. The van der Waals surface area contributed by atoms with Gasteiger partial charge in [-0.1, -0.05) is 70.2 Å². The Labute approximate surface area is 241 Å². The fraction of sp³-hybridized carbons (Fsp3) is 0.677. The van der Waals surface area contributed by atoms with Crippen LogP contribution >= 0.6 is 0 Å². The summed E-state index contributed by atoms with van der Waals surface area (Å²) in [6.45, 7) is 13.6. The van der Waals surface area contributed by atoms with E-state index in [1.54, 1.807) is 25.7 Å². The molecular weight excluding hydrogens is 508 g/mol. The van der Waals surface area contributed by atoms with Crippen LogP contribution in [0.3, 0.4) is 0 Å². The minimum absolute atomic E-state index is 0.00586. The van der Waals surface area contributed by atoms with Gasteiger partial charge in [0.2, 0.25) is 17.7 Å². The van der Waals surface area contributed by atoms with Crippen molar-refractivity contribution in [3.63, 3.8) is 0 Å². The second-order valence-electron chi connectivity index (χ2n) is 11.6. The Hall–Kier alpha value is -3.10. The predicted octanol–water partition coefficient (Wildman–Crippen LogP) is 5.30. The van der Waals surface area contributed by atoms with Crippen LogP contribution in [0.25, 0.3) is 0 Å². The summed E-state index contributed by atoms with van der Waals surface area (Å²) in [5.74, 6) is -1.31.